The van der Waals surface area contributed by atoms with Crippen molar-refractivity contribution in [2.45, 2.75) is 52.0 Å². The van der Waals surface area contributed by atoms with Gasteiger partial charge in [-0.1, -0.05) is 38.3 Å². The van der Waals surface area contributed by atoms with E-state index >= 15 is 0 Å². The molecule has 0 aromatic heterocycles. The normalized spacial score (nSPS) is 12.4. The maximum absolute atomic E-state index is 6.03. The summed E-state index contributed by atoms with van der Waals surface area (Å²) in [7, 11) is 0. The summed E-state index contributed by atoms with van der Waals surface area (Å²) in [6.07, 6.45) is 5.29. The van der Waals surface area contributed by atoms with Crippen LogP contribution in [0.3, 0.4) is 0 Å². The van der Waals surface area contributed by atoms with E-state index in [2.05, 4.69) is 13.8 Å². The van der Waals surface area contributed by atoms with Crippen molar-refractivity contribution in [3.63, 3.8) is 0 Å². The second kappa shape index (κ2) is 8.39. The Morgan fingerprint density at radius 3 is 2.72 bits per heavy atom. The third kappa shape index (κ3) is 5.28. The molecule has 3 heteroatoms. The largest absolute Gasteiger partial charge is 0.493 e. The zero-order valence-corrected chi connectivity index (χ0v) is 12.2. The molecule has 18 heavy (non-hydrogen) atoms. The van der Waals surface area contributed by atoms with Crippen molar-refractivity contribution in [1.82, 2.24) is 0 Å². The monoisotopic (exact) mass is 269 g/mol. The Bertz CT molecular complexity index is 354. The van der Waals surface area contributed by atoms with E-state index in [1.165, 1.54) is 12.8 Å². The first-order valence-corrected chi connectivity index (χ1v) is 7.22. The SMILES string of the molecule is CCCCCOc1ccc(Cl)cc1CC(N)CC. The predicted molar refractivity (Wildman–Crippen MR) is 78.4 cm³/mol. The minimum Gasteiger partial charge on any atom is -0.493 e. The highest BCUT2D eigenvalue weighted by atomic mass is 35.5. The lowest BCUT2D eigenvalue weighted by atomic mass is 10.0. The van der Waals surface area contributed by atoms with Gasteiger partial charge in [-0.25, -0.2) is 0 Å². The molecule has 0 saturated carbocycles. The lowest BCUT2D eigenvalue weighted by molar-refractivity contribution is 0.302. The quantitative estimate of drug-likeness (QED) is 0.718. The van der Waals surface area contributed by atoms with Crippen molar-refractivity contribution < 1.29 is 4.74 Å². The highest BCUT2D eigenvalue weighted by Crippen LogP contribution is 2.24. The molecule has 1 aromatic carbocycles. The van der Waals surface area contributed by atoms with Gasteiger partial charge in [-0.05, 0) is 43.0 Å². The van der Waals surface area contributed by atoms with E-state index in [1.54, 1.807) is 0 Å². The van der Waals surface area contributed by atoms with Gasteiger partial charge in [0.05, 0.1) is 6.61 Å². The highest BCUT2D eigenvalue weighted by Gasteiger charge is 2.08. The first-order valence-electron chi connectivity index (χ1n) is 6.84. The zero-order chi connectivity index (χ0) is 13.4. The molecular formula is C15H24ClNO. The second-order valence-corrected chi connectivity index (χ2v) is 5.12. The lowest BCUT2D eigenvalue weighted by Crippen LogP contribution is -2.21. The standard InChI is InChI=1S/C15H24ClNO/c1-3-5-6-9-18-15-8-7-13(16)10-12(15)11-14(17)4-2/h7-8,10,14H,3-6,9,11,17H2,1-2H3. The van der Waals surface area contributed by atoms with Crippen LogP contribution in [0.15, 0.2) is 18.2 Å². The lowest BCUT2D eigenvalue weighted by Gasteiger charge is -2.14. The molecule has 0 bridgehead atoms. The number of benzene rings is 1. The molecule has 1 rings (SSSR count). The fraction of sp³-hybridized carbons (Fsp3) is 0.600. The van der Waals surface area contributed by atoms with E-state index in [0.29, 0.717) is 0 Å². The van der Waals surface area contributed by atoms with Crippen molar-refractivity contribution in [2.24, 2.45) is 5.73 Å². The minimum atomic E-state index is 0.168. The Kier molecular flexibility index (Phi) is 7.14. The molecule has 0 aliphatic rings. The second-order valence-electron chi connectivity index (χ2n) is 4.68. The molecule has 0 aliphatic heterocycles. The van der Waals surface area contributed by atoms with Crippen LogP contribution in [0.4, 0.5) is 0 Å². The molecular weight excluding hydrogens is 246 g/mol. The zero-order valence-electron chi connectivity index (χ0n) is 11.4. The first-order chi connectivity index (χ1) is 8.67. The van der Waals surface area contributed by atoms with Crippen LogP contribution in [0.1, 0.15) is 45.1 Å². The fourth-order valence-electron chi connectivity index (χ4n) is 1.81. The molecule has 0 saturated heterocycles. The van der Waals surface area contributed by atoms with Crippen molar-refractivity contribution >= 4 is 11.6 Å². The van der Waals surface area contributed by atoms with Crippen molar-refractivity contribution in [3.8, 4) is 5.75 Å². The molecule has 102 valence electrons. The molecule has 0 amide bonds. The highest BCUT2D eigenvalue weighted by molar-refractivity contribution is 6.30. The van der Waals surface area contributed by atoms with E-state index in [4.69, 9.17) is 22.1 Å². The summed E-state index contributed by atoms with van der Waals surface area (Å²) in [6.45, 7) is 5.05. The van der Waals surface area contributed by atoms with Crippen LogP contribution in [0.2, 0.25) is 5.02 Å². The van der Waals surface area contributed by atoms with Gasteiger partial charge in [0, 0.05) is 11.1 Å². The molecule has 2 N–H and O–H groups in total. The van der Waals surface area contributed by atoms with E-state index < -0.39 is 0 Å². The van der Waals surface area contributed by atoms with E-state index in [0.717, 1.165) is 42.2 Å². The topological polar surface area (TPSA) is 35.2 Å². The van der Waals surface area contributed by atoms with Crippen LogP contribution in [-0.4, -0.2) is 12.6 Å². The van der Waals surface area contributed by atoms with Crippen LogP contribution in [-0.2, 0) is 6.42 Å². The van der Waals surface area contributed by atoms with Crippen molar-refractivity contribution in [1.29, 1.82) is 0 Å². The van der Waals surface area contributed by atoms with Crippen LogP contribution in [0, 0.1) is 0 Å². The smallest absolute Gasteiger partial charge is 0.122 e. The summed E-state index contributed by atoms with van der Waals surface area (Å²) in [5.41, 5.74) is 7.12. The number of unbranched alkanes of at least 4 members (excludes halogenated alkanes) is 2. The van der Waals surface area contributed by atoms with E-state index in [-0.39, 0.29) is 6.04 Å². The summed E-state index contributed by atoms with van der Waals surface area (Å²) in [4.78, 5) is 0. The third-order valence-electron chi connectivity index (χ3n) is 3.03. The van der Waals surface area contributed by atoms with Crippen LogP contribution < -0.4 is 10.5 Å². The summed E-state index contributed by atoms with van der Waals surface area (Å²) in [6, 6.07) is 5.96. The Labute approximate surface area is 115 Å². The number of ether oxygens (including phenoxy) is 1. The van der Waals surface area contributed by atoms with Gasteiger partial charge in [0.1, 0.15) is 5.75 Å². The maximum Gasteiger partial charge on any atom is 0.122 e. The molecule has 1 unspecified atom stereocenters. The summed E-state index contributed by atoms with van der Waals surface area (Å²) >= 11 is 6.03. The Morgan fingerprint density at radius 2 is 2.06 bits per heavy atom. The van der Waals surface area contributed by atoms with Crippen LogP contribution in [0.25, 0.3) is 0 Å². The average molecular weight is 270 g/mol. The van der Waals surface area contributed by atoms with E-state index in [1.807, 2.05) is 18.2 Å². The van der Waals surface area contributed by atoms with Gasteiger partial charge in [0.2, 0.25) is 0 Å². The van der Waals surface area contributed by atoms with Crippen molar-refractivity contribution in [2.75, 3.05) is 6.61 Å². The molecule has 0 radical (unpaired) electrons. The van der Waals surface area contributed by atoms with Gasteiger partial charge in [-0.3, -0.25) is 0 Å². The predicted octanol–water partition coefficient (Wildman–Crippen LogP) is 4.19. The summed E-state index contributed by atoms with van der Waals surface area (Å²) in [5.74, 6) is 0.930. The van der Waals surface area contributed by atoms with Gasteiger partial charge in [-0.2, -0.15) is 0 Å². The molecule has 1 atom stereocenters. The molecule has 0 fully saturated rings. The number of hydrogen-bond donors (Lipinski definition) is 1. The average Bonchev–Trinajstić information content (AvgIpc) is 2.36. The summed E-state index contributed by atoms with van der Waals surface area (Å²) in [5, 5.41) is 0.745. The molecule has 1 aromatic rings. The molecule has 0 heterocycles. The minimum absolute atomic E-state index is 0.168. The number of rotatable bonds is 8. The maximum atomic E-state index is 6.03. The van der Waals surface area contributed by atoms with Gasteiger partial charge in [-0.15, -0.1) is 0 Å². The molecule has 0 aliphatic carbocycles. The fourth-order valence-corrected chi connectivity index (χ4v) is 2.00. The number of hydrogen-bond acceptors (Lipinski definition) is 2. The summed E-state index contributed by atoms with van der Waals surface area (Å²) < 4.78 is 5.83. The Balaban J connectivity index is 2.64. The van der Waals surface area contributed by atoms with Crippen molar-refractivity contribution in [3.05, 3.63) is 28.8 Å². The molecule has 0 spiro atoms. The Hall–Kier alpha value is -0.730. The van der Waals surface area contributed by atoms with Crippen LogP contribution >= 0.6 is 11.6 Å². The van der Waals surface area contributed by atoms with E-state index in [9.17, 15) is 0 Å². The van der Waals surface area contributed by atoms with Gasteiger partial charge < -0.3 is 10.5 Å². The van der Waals surface area contributed by atoms with Gasteiger partial charge in [0.15, 0.2) is 0 Å². The number of halogens is 1. The molecule has 2 nitrogen and oxygen atoms in total. The number of nitrogens with two attached hydrogens (primary N) is 1. The van der Waals surface area contributed by atoms with Gasteiger partial charge in [0.25, 0.3) is 0 Å². The first kappa shape index (κ1) is 15.3. The van der Waals surface area contributed by atoms with Gasteiger partial charge >= 0.3 is 0 Å². The Morgan fingerprint density at radius 1 is 1.28 bits per heavy atom. The van der Waals surface area contributed by atoms with Crippen LogP contribution in [0.5, 0.6) is 5.75 Å². The third-order valence-corrected chi connectivity index (χ3v) is 3.27.